The predicted octanol–water partition coefficient (Wildman–Crippen LogP) is 4.05. The Morgan fingerprint density at radius 1 is 1.15 bits per heavy atom. The molecular formula is C15H14Cl2O3. The highest BCUT2D eigenvalue weighted by Gasteiger charge is 2.13. The maximum Gasteiger partial charge on any atom is 0.196 e. The zero-order valence-corrected chi connectivity index (χ0v) is 12.4. The van der Waals surface area contributed by atoms with Crippen LogP contribution in [0.4, 0.5) is 0 Å². The average molecular weight is 313 g/mol. The monoisotopic (exact) mass is 312 g/mol. The normalized spacial score (nSPS) is 9.35. The van der Waals surface area contributed by atoms with E-state index in [9.17, 15) is 9.90 Å². The maximum atomic E-state index is 12.1. The Morgan fingerprint density at radius 2 is 1.75 bits per heavy atom. The molecule has 2 rings (SSSR count). The zero-order valence-electron chi connectivity index (χ0n) is 10.8. The Morgan fingerprint density at radius 3 is 2.25 bits per heavy atom. The molecule has 106 valence electrons. The van der Waals surface area contributed by atoms with Gasteiger partial charge in [0, 0.05) is 11.6 Å². The van der Waals surface area contributed by atoms with Crippen molar-refractivity contribution < 1.29 is 14.6 Å². The van der Waals surface area contributed by atoms with Crippen LogP contribution in [0.3, 0.4) is 0 Å². The van der Waals surface area contributed by atoms with Gasteiger partial charge in [-0.05, 0) is 12.1 Å². The second-order valence-corrected chi connectivity index (χ2v) is 4.49. The zero-order chi connectivity index (χ0) is 15.0. The van der Waals surface area contributed by atoms with Crippen LogP contribution in [0.1, 0.15) is 15.9 Å². The van der Waals surface area contributed by atoms with E-state index in [1.54, 1.807) is 36.4 Å². The number of phenols is 1. The van der Waals surface area contributed by atoms with Gasteiger partial charge in [-0.25, -0.2) is 0 Å². The third-order valence-corrected chi connectivity index (χ3v) is 2.49. The molecule has 3 nitrogen and oxygen atoms in total. The number of carbonyl (C=O) groups is 1. The number of hydrogen-bond acceptors (Lipinski definition) is 3. The highest BCUT2D eigenvalue weighted by atomic mass is 35.5. The molecule has 2 aromatic carbocycles. The van der Waals surface area contributed by atoms with Crippen LogP contribution in [-0.2, 0) is 0 Å². The van der Waals surface area contributed by atoms with E-state index in [0.29, 0.717) is 11.3 Å². The van der Waals surface area contributed by atoms with Gasteiger partial charge < -0.3 is 9.84 Å². The number of rotatable bonds is 3. The average Bonchev–Trinajstić information content (AvgIpc) is 2.48. The van der Waals surface area contributed by atoms with Gasteiger partial charge in [0.15, 0.2) is 5.78 Å². The Labute approximate surface area is 127 Å². The molecule has 0 atom stereocenters. The van der Waals surface area contributed by atoms with Gasteiger partial charge in [-0.1, -0.05) is 30.3 Å². The van der Waals surface area contributed by atoms with Crippen molar-refractivity contribution >= 4 is 29.0 Å². The number of aromatic hydroxyl groups is 1. The number of methoxy groups -OCH3 is 1. The van der Waals surface area contributed by atoms with Crippen LogP contribution in [-0.4, -0.2) is 23.3 Å². The first-order chi connectivity index (χ1) is 9.63. The molecule has 5 heteroatoms. The molecule has 0 heterocycles. The van der Waals surface area contributed by atoms with Gasteiger partial charge in [0.05, 0.1) is 18.0 Å². The van der Waals surface area contributed by atoms with E-state index >= 15 is 0 Å². The maximum absolute atomic E-state index is 12.1. The van der Waals surface area contributed by atoms with Crippen molar-refractivity contribution in [3.05, 3.63) is 59.7 Å². The molecule has 0 saturated carbocycles. The number of hydrogen-bond donors (Lipinski definition) is 1. The standard InChI is InChI=1S/C14H12O3.CH2Cl2/c1-17-11-7-8-12(13(15)9-11)14(16)10-5-3-2-4-6-10;2-1-3/h2-9,15H,1H3;1H2. The molecule has 0 aliphatic carbocycles. The van der Waals surface area contributed by atoms with Crippen molar-refractivity contribution in [2.45, 2.75) is 0 Å². The lowest BCUT2D eigenvalue weighted by atomic mass is 10.0. The molecule has 0 aliphatic rings. The second kappa shape index (κ2) is 8.46. The van der Waals surface area contributed by atoms with E-state index in [2.05, 4.69) is 0 Å². The van der Waals surface area contributed by atoms with Crippen molar-refractivity contribution in [2.24, 2.45) is 0 Å². The lowest BCUT2D eigenvalue weighted by Gasteiger charge is -2.06. The van der Waals surface area contributed by atoms with Crippen LogP contribution in [0, 0.1) is 0 Å². The van der Waals surface area contributed by atoms with Gasteiger partial charge >= 0.3 is 0 Å². The van der Waals surface area contributed by atoms with E-state index in [0.717, 1.165) is 0 Å². The molecule has 0 bridgehead atoms. The molecule has 0 aliphatic heterocycles. The highest BCUT2D eigenvalue weighted by molar-refractivity contribution is 6.40. The summed E-state index contributed by atoms with van der Waals surface area (Å²) in [6, 6.07) is 13.5. The fourth-order valence-electron chi connectivity index (χ4n) is 1.58. The molecule has 0 amide bonds. The molecular weight excluding hydrogens is 299 g/mol. The number of ether oxygens (including phenoxy) is 1. The van der Waals surface area contributed by atoms with Gasteiger partial charge in [-0.3, -0.25) is 4.79 Å². The lowest BCUT2D eigenvalue weighted by molar-refractivity contribution is 0.103. The van der Waals surface area contributed by atoms with Crippen LogP contribution in [0.25, 0.3) is 0 Å². The molecule has 2 aromatic rings. The fourth-order valence-corrected chi connectivity index (χ4v) is 1.58. The molecule has 1 N–H and O–H groups in total. The smallest absolute Gasteiger partial charge is 0.196 e. The quantitative estimate of drug-likeness (QED) is 0.687. The summed E-state index contributed by atoms with van der Waals surface area (Å²) in [5.74, 6) is 0.246. The van der Waals surface area contributed by atoms with Crippen molar-refractivity contribution in [1.82, 2.24) is 0 Å². The molecule has 0 unspecified atom stereocenters. The summed E-state index contributed by atoms with van der Waals surface area (Å²) in [5, 5.41) is 9.95. The molecule has 0 radical (unpaired) electrons. The number of phenolic OH excluding ortho intramolecular Hbond substituents is 1. The van der Waals surface area contributed by atoms with Gasteiger partial charge in [0.1, 0.15) is 11.5 Å². The fraction of sp³-hybridized carbons (Fsp3) is 0.133. The first-order valence-corrected chi connectivity index (χ1v) is 6.79. The molecule has 0 fully saturated rings. The van der Waals surface area contributed by atoms with Gasteiger partial charge in [-0.15, -0.1) is 23.2 Å². The van der Waals surface area contributed by atoms with E-state index in [1.807, 2.05) is 6.07 Å². The minimum atomic E-state index is -0.203. The van der Waals surface area contributed by atoms with Crippen LogP contribution in [0.5, 0.6) is 11.5 Å². The third-order valence-electron chi connectivity index (χ3n) is 2.49. The second-order valence-electron chi connectivity index (χ2n) is 3.68. The third kappa shape index (κ3) is 4.44. The van der Waals surface area contributed by atoms with E-state index in [-0.39, 0.29) is 22.4 Å². The number of benzene rings is 2. The number of alkyl halides is 2. The van der Waals surface area contributed by atoms with Gasteiger partial charge in [-0.2, -0.15) is 0 Å². The topological polar surface area (TPSA) is 46.5 Å². The summed E-state index contributed by atoms with van der Waals surface area (Å²) in [6.45, 7) is 0. The van der Waals surface area contributed by atoms with Crippen LogP contribution in [0.2, 0.25) is 0 Å². The summed E-state index contributed by atoms with van der Waals surface area (Å²) in [7, 11) is 1.51. The van der Waals surface area contributed by atoms with E-state index in [1.165, 1.54) is 13.2 Å². The first-order valence-electron chi connectivity index (χ1n) is 5.72. The molecule has 0 aromatic heterocycles. The van der Waals surface area contributed by atoms with Crippen molar-refractivity contribution in [3.63, 3.8) is 0 Å². The van der Waals surface area contributed by atoms with E-state index < -0.39 is 0 Å². The summed E-state index contributed by atoms with van der Waals surface area (Å²) >= 11 is 9.53. The van der Waals surface area contributed by atoms with Crippen LogP contribution < -0.4 is 4.74 Å². The summed E-state index contributed by atoms with van der Waals surface area (Å²) in [5.41, 5.74) is 0.824. The van der Waals surface area contributed by atoms with Gasteiger partial charge in [0.25, 0.3) is 0 Å². The Balaban J connectivity index is 0.000000612. The first kappa shape index (κ1) is 16.3. The highest BCUT2D eigenvalue weighted by Crippen LogP contribution is 2.25. The number of ketones is 1. The predicted molar refractivity (Wildman–Crippen MR) is 81.1 cm³/mol. The van der Waals surface area contributed by atoms with Gasteiger partial charge in [0.2, 0.25) is 0 Å². The lowest BCUT2D eigenvalue weighted by Crippen LogP contribution is -2.01. The number of halogens is 2. The van der Waals surface area contributed by atoms with Crippen molar-refractivity contribution in [1.29, 1.82) is 0 Å². The summed E-state index contributed by atoms with van der Waals surface area (Å²) in [6.07, 6.45) is 0. The Kier molecular flexibility index (Phi) is 6.91. The van der Waals surface area contributed by atoms with Crippen molar-refractivity contribution in [3.8, 4) is 11.5 Å². The number of carbonyl (C=O) groups excluding carboxylic acids is 1. The summed E-state index contributed by atoms with van der Waals surface area (Å²) in [4.78, 5) is 12.1. The minimum Gasteiger partial charge on any atom is -0.507 e. The largest absolute Gasteiger partial charge is 0.507 e. The Bertz CT molecular complexity index is 556. The Hall–Kier alpha value is -1.71. The SMILES string of the molecule is COc1ccc(C(=O)c2ccccc2)c(O)c1.ClCCl. The van der Waals surface area contributed by atoms with E-state index in [4.69, 9.17) is 27.9 Å². The van der Waals surface area contributed by atoms with Crippen molar-refractivity contribution in [2.75, 3.05) is 12.4 Å². The molecule has 0 spiro atoms. The van der Waals surface area contributed by atoms with Crippen LogP contribution >= 0.6 is 23.2 Å². The molecule has 0 saturated heterocycles. The van der Waals surface area contributed by atoms with Crippen LogP contribution in [0.15, 0.2) is 48.5 Å². The summed E-state index contributed by atoms with van der Waals surface area (Å²) < 4.78 is 4.96. The molecule has 20 heavy (non-hydrogen) atoms. The minimum absolute atomic E-state index is 0.0711.